The Bertz CT molecular complexity index is 811. The molecule has 1 aromatic heterocycles. The Balaban J connectivity index is 2.89. The Morgan fingerprint density at radius 1 is 1.33 bits per heavy atom. The Kier molecular flexibility index (Phi) is 4.65. The summed E-state index contributed by atoms with van der Waals surface area (Å²) < 4.78 is 10.2. The van der Waals surface area contributed by atoms with Crippen LogP contribution in [0.1, 0.15) is 12.5 Å². The van der Waals surface area contributed by atoms with Gasteiger partial charge in [-0.1, -0.05) is 11.6 Å². The summed E-state index contributed by atoms with van der Waals surface area (Å²) in [6.07, 6.45) is 2.79. The molecular formula is C15H14ClNO4. The molecule has 0 radical (unpaired) electrons. The molecule has 0 unspecified atom stereocenters. The minimum Gasteiger partial charge on any atom is -0.501 e. The van der Waals surface area contributed by atoms with E-state index in [0.717, 1.165) is 0 Å². The highest BCUT2D eigenvalue weighted by Crippen LogP contribution is 2.17. The number of rotatable bonds is 4. The average Bonchev–Trinajstić information content (AvgIpc) is 2.54. The van der Waals surface area contributed by atoms with E-state index in [1.165, 1.54) is 25.5 Å². The summed E-state index contributed by atoms with van der Waals surface area (Å²) in [4.78, 5) is 27.3. The number of nitrogens with one attached hydrogen (secondary N) is 1. The summed E-state index contributed by atoms with van der Waals surface area (Å²) in [5.41, 5.74) is -0.368. The number of fused-ring (bicyclic) bond motifs is 1. The number of H-pyrrole nitrogens is 1. The normalized spacial score (nSPS) is 11.0. The number of ether oxygens (including phenoxy) is 2. The molecule has 1 aromatic carbocycles. The summed E-state index contributed by atoms with van der Waals surface area (Å²) in [5, 5.41) is 0.769. The number of aromatic amines is 1. The average molecular weight is 308 g/mol. The topological polar surface area (TPSA) is 68.4 Å². The van der Waals surface area contributed by atoms with E-state index < -0.39 is 5.56 Å². The van der Waals surface area contributed by atoms with Gasteiger partial charge in [-0.05, 0) is 31.2 Å². The minimum atomic E-state index is -0.511. The van der Waals surface area contributed by atoms with Crippen LogP contribution in [0.2, 0.25) is 5.02 Å². The van der Waals surface area contributed by atoms with Crippen molar-refractivity contribution in [2.24, 2.45) is 0 Å². The second-order valence-electron chi connectivity index (χ2n) is 4.18. The molecule has 0 aliphatic heterocycles. The molecule has 0 saturated heterocycles. The lowest BCUT2D eigenvalue weighted by atomic mass is 10.1. The molecule has 0 fully saturated rings. The van der Waals surface area contributed by atoms with Crippen LogP contribution in [-0.2, 0) is 4.74 Å². The van der Waals surface area contributed by atoms with Crippen molar-refractivity contribution in [1.82, 2.24) is 4.98 Å². The Morgan fingerprint density at radius 2 is 2.10 bits per heavy atom. The van der Waals surface area contributed by atoms with E-state index >= 15 is 0 Å². The van der Waals surface area contributed by atoms with Gasteiger partial charge in [0.15, 0.2) is 11.2 Å². The molecule has 0 spiro atoms. The van der Waals surface area contributed by atoms with Gasteiger partial charge in [-0.2, -0.15) is 0 Å². The SMILES string of the molecule is CCO/C=C/c1c(OC)c(=O)[nH]c2cc(Cl)ccc2c1=O. The maximum atomic E-state index is 12.6. The van der Waals surface area contributed by atoms with E-state index in [0.29, 0.717) is 22.5 Å². The van der Waals surface area contributed by atoms with Crippen molar-refractivity contribution in [3.05, 3.63) is 55.6 Å². The molecule has 1 N–H and O–H groups in total. The van der Waals surface area contributed by atoms with Crippen molar-refractivity contribution >= 4 is 28.6 Å². The van der Waals surface area contributed by atoms with Crippen LogP contribution in [0, 0.1) is 0 Å². The zero-order valence-corrected chi connectivity index (χ0v) is 12.4. The van der Waals surface area contributed by atoms with Crippen LogP contribution in [0.25, 0.3) is 17.0 Å². The third kappa shape index (κ3) is 3.08. The number of hydrogen-bond donors (Lipinski definition) is 1. The second-order valence-corrected chi connectivity index (χ2v) is 4.61. The summed E-state index contributed by atoms with van der Waals surface area (Å²) >= 11 is 5.89. The predicted molar refractivity (Wildman–Crippen MR) is 83.1 cm³/mol. The van der Waals surface area contributed by atoms with Crippen LogP contribution < -0.4 is 15.7 Å². The van der Waals surface area contributed by atoms with Gasteiger partial charge in [-0.15, -0.1) is 0 Å². The third-order valence-corrected chi connectivity index (χ3v) is 3.11. The number of methoxy groups -OCH3 is 1. The first-order chi connectivity index (χ1) is 10.1. The first-order valence-corrected chi connectivity index (χ1v) is 6.68. The van der Waals surface area contributed by atoms with Crippen molar-refractivity contribution < 1.29 is 9.47 Å². The third-order valence-electron chi connectivity index (χ3n) is 2.87. The molecule has 0 aliphatic rings. The molecule has 0 amide bonds. The molecule has 0 aliphatic carbocycles. The summed E-state index contributed by atoms with van der Waals surface area (Å²) in [5.74, 6) is -0.0664. The summed E-state index contributed by atoms with van der Waals surface area (Å²) in [6, 6.07) is 4.68. The van der Waals surface area contributed by atoms with E-state index in [-0.39, 0.29) is 16.7 Å². The fourth-order valence-electron chi connectivity index (χ4n) is 1.93. The maximum absolute atomic E-state index is 12.6. The summed E-state index contributed by atoms with van der Waals surface area (Å²) in [6.45, 7) is 2.27. The highest BCUT2D eigenvalue weighted by Gasteiger charge is 2.12. The van der Waals surface area contributed by atoms with Gasteiger partial charge in [0.1, 0.15) is 0 Å². The molecule has 0 atom stereocenters. The lowest BCUT2D eigenvalue weighted by Gasteiger charge is -1.98. The standard InChI is InChI=1S/C15H14ClNO4/c1-3-21-7-6-11-13(18)10-5-4-9(16)8-12(10)17-15(19)14(11)20-2/h4-8H,3H2,1-2H3,(H,17,19)/b7-6+. The van der Waals surface area contributed by atoms with Gasteiger partial charge >= 0.3 is 0 Å². The quantitative estimate of drug-likeness (QED) is 0.881. The molecule has 1 heterocycles. The molecule has 0 saturated carbocycles. The van der Waals surface area contributed by atoms with Gasteiger partial charge in [0.05, 0.1) is 31.1 Å². The van der Waals surface area contributed by atoms with Crippen LogP contribution in [0.15, 0.2) is 34.1 Å². The van der Waals surface area contributed by atoms with E-state index in [1.807, 2.05) is 6.92 Å². The Hall–Kier alpha value is -2.27. The van der Waals surface area contributed by atoms with Crippen molar-refractivity contribution in [2.75, 3.05) is 13.7 Å². The molecule has 110 valence electrons. The molecule has 6 heteroatoms. The zero-order valence-electron chi connectivity index (χ0n) is 11.6. The van der Waals surface area contributed by atoms with Crippen LogP contribution >= 0.6 is 11.6 Å². The molecule has 2 aromatic rings. The van der Waals surface area contributed by atoms with Crippen molar-refractivity contribution in [2.45, 2.75) is 6.92 Å². The second kappa shape index (κ2) is 6.45. The van der Waals surface area contributed by atoms with Crippen LogP contribution in [0.3, 0.4) is 0 Å². The highest BCUT2D eigenvalue weighted by atomic mass is 35.5. The van der Waals surface area contributed by atoms with Crippen LogP contribution in [0.4, 0.5) is 0 Å². The molecular weight excluding hydrogens is 294 g/mol. The molecule has 21 heavy (non-hydrogen) atoms. The smallest absolute Gasteiger partial charge is 0.291 e. The largest absolute Gasteiger partial charge is 0.501 e. The first kappa shape index (κ1) is 15.1. The van der Waals surface area contributed by atoms with Crippen molar-refractivity contribution in [3.63, 3.8) is 0 Å². The predicted octanol–water partition coefficient (Wildman–Crippen LogP) is 2.56. The molecule has 0 bridgehead atoms. The fraction of sp³-hybridized carbons (Fsp3) is 0.200. The van der Waals surface area contributed by atoms with Crippen LogP contribution in [-0.4, -0.2) is 18.7 Å². The Labute approximate surface area is 125 Å². The first-order valence-electron chi connectivity index (χ1n) is 6.30. The highest BCUT2D eigenvalue weighted by molar-refractivity contribution is 6.31. The number of aromatic nitrogens is 1. The maximum Gasteiger partial charge on any atom is 0.291 e. The van der Waals surface area contributed by atoms with E-state index in [1.54, 1.807) is 12.1 Å². The van der Waals surface area contributed by atoms with E-state index in [9.17, 15) is 9.59 Å². The van der Waals surface area contributed by atoms with Crippen molar-refractivity contribution in [3.8, 4) is 5.75 Å². The van der Waals surface area contributed by atoms with Gasteiger partial charge < -0.3 is 14.5 Å². The van der Waals surface area contributed by atoms with E-state index in [2.05, 4.69) is 4.98 Å². The van der Waals surface area contributed by atoms with Gasteiger partial charge in [-0.25, -0.2) is 0 Å². The van der Waals surface area contributed by atoms with Gasteiger partial charge in [0, 0.05) is 10.4 Å². The number of hydrogen-bond acceptors (Lipinski definition) is 4. The zero-order chi connectivity index (χ0) is 15.4. The Morgan fingerprint density at radius 3 is 2.76 bits per heavy atom. The van der Waals surface area contributed by atoms with Gasteiger partial charge in [-0.3, -0.25) is 9.59 Å². The van der Waals surface area contributed by atoms with E-state index in [4.69, 9.17) is 21.1 Å². The molecule has 2 rings (SSSR count). The molecule has 5 nitrogen and oxygen atoms in total. The van der Waals surface area contributed by atoms with Crippen LogP contribution in [0.5, 0.6) is 5.75 Å². The lowest BCUT2D eigenvalue weighted by molar-refractivity contribution is 0.272. The van der Waals surface area contributed by atoms with Gasteiger partial charge in [0.25, 0.3) is 5.56 Å². The number of halogens is 1. The monoisotopic (exact) mass is 307 g/mol. The van der Waals surface area contributed by atoms with Gasteiger partial charge in [0.2, 0.25) is 0 Å². The fourth-order valence-corrected chi connectivity index (χ4v) is 2.11. The van der Waals surface area contributed by atoms with Crippen molar-refractivity contribution in [1.29, 1.82) is 0 Å². The lowest BCUT2D eigenvalue weighted by Crippen LogP contribution is -2.10. The summed E-state index contributed by atoms with van der Waals surface area (Å²) in [7, 11) is 1.33. The minimum absolute atomic E-state index is 0.0664. The number of benzene rings is 1.